The number of hydrogen-bond donors (Lipinski definition) is 2. The minimum Gasteiger partial charge on any atom is -0.368 e. The van der Waals surface area contributed by atoms with Gasteiger partial charge in [0.1, 0.15) is 5.82 Å². The zero-order valence-corrected chi connectivity index (χ0v) is 15.7. The fourth-order valence-electron chi connectivity index (χ4n) is 2.24. The van der Waals surface area contributed by atoms with Crippen molar-refractivity contribution in [3.05, 3.63) is 64.9 Å². The first kappa shape index (κ1) is 21.2. The van der Waals surface area contributed by atoms with Crippen LogP contribution in [0.15, 0.2) is 48.5 Å². The van der Waals surface area contributed by atoms with Gasteiger partial charge in [-0.3, -0.25) is 0 Å². The highest BCUT2D eigenvalue weighted by molar-refractivity contribution is 6.30. The van der Waals surface area contributed by atoms with Crippen LogP contribution in [0.3, 0.4) is 0 Å². The predicted octanol–water partition coefficient (Wildman–Crippen LogP) is 4.67. The van der Waals surface area contributed by atoms with E-state index < -0.39 is 0 Å². The molecular weight excluding hydrogens is 379 g/mol. The number of hydrogen-bond acceptors (Lipinski definition) is 4. The molecule has 0 amide bonds. The molecule has 3 N–H and O–H groups in total. The van der Waals surface area contributed by atoms with Gasteiger partial charge in [-0.2, -0.15) is 0 Å². The van der Waals surface area contributed by atoms with E-state index in [-0.39, 0.29) is 24.8 Å². The Bertz CT molecular complexity index is 835. The third-order valence-electron chi connectivity index (χ3n) is 3.35. The molecule has 0 saturated carbocycles. The lowest BCUT2D eigenvalue weighted by molar-refractivity contribution is 1.01. The first-order chi connectivity index (χ1) is 11.3. The summed E-state index contributed by atoms with van der Waals surface area (Å²) < 4.78 is 0. The van der Waals surface area contributed by atoms with Crippen molar-refractivity contribution in [2.24, 2.45) is 5.73 Å². The summed E-state index contributed by atoms with van der Waals surface area (Å²) in [5.74, 6) is 1.45. The minimum absolute atomic E-state index is 0. The van der Waals surface area contributed by atoms with Crippen molar-refractivity contribution in [3.63, 3.8) is 0 Å². The van der Waals surface area contributed by atoms with Crippen molar-refractivity contribution in [2.75, 3.05) is 18.4 Å². The molecule has 3 rings (SSSR count). The number of rotatable bonds is 5. The fourth-order valence-corrected chi connectivity index (χ4v) is 2.37. The number of nitrogens with two attached hydrogens (primary N) is 1. The Labute approximate surface area is 164 Å². The average Bonchev–Trinajstić information content (AvgIpc) is 2.59. The molecule has 0 saturated heterocycles. The quantitative estimate of drug-likeness (QED) is 0.657. The number of para-hydroxylation sites is 1. The summed E-state index contributed by atoms with van der Waals surface area (Å²) in [6.07, 6.45) is 3.86. The van der Waals surface area contributed by atoms with E-state index >= 15 is 0 Å². The second-order valence-electron chi connectivity index (χ2n) is 5.05. The highest BCUT2D eigenvalue weighted by atomic mass is 35.5. The lowest BCUT2D eigenvalue weighted by atomic mass is 10.2. The van der Waals surface area contributed by atoms with Crippen LogP contribution in [0.25, 0.3) is 23.1 Å². The molecule has 0 aliphatic rings. The number of anilines is 1. The molecule has 4 nitrogen and oxygen atoms in total. The number of aromatic nitrogens is 2. The zero-order chi connectivity index (χ0) is 16.1. The number of fused-ring (bicyclic) bond motifs is 1. The topological polar surface area (TPSA) is 63.8 Å². The molecule has 0 fully saturated rings. The standard InChI is InChI=1S/C18H17ClN4.2ClH/c19-14-8-5-13(6-9-14)7-10-17-22-16-4-2-1-3-15(16)18(23-17)21-12-11-20;;/h1-10H,11-12,20H2,(H,21,22,23);2*1H/b10-7+;;. The Morgan fingerprint density at radius 2 is 1.68 bits per heavy atom. The summed E-state index contributed by atoms with van der Waals surface area (Å²) in [6.45, 7) is 1.22. The molecule has 0 radical (unpaired) electrons. The maximum Gasteiger partial charge on any atom is 0.154 e. The smallest absolute Gasteiger partial charge is 0.154 e. The first-order valence-corrected chi connectivity index (χ1v) is 7.78. The number of benzene rings is 2. The molecule has 0 bridgehead atoms. The third-order valence-corrected chi connectivity index (χ3v) is 3.60. The second-order valence-corrected chi connectivity index (χ2v) is 5.48. The lowest BCUT2D eigenvalue weighted by Crippen LogP contribution is -2.14. The minimum atomic E-state index is 0. The second kappa shape index (κ2) is 10.2. The van der Waals surface area contributed by atoms with Gasteiger partial charge in [0.25, 0.3) is 0 Å². The van der Waals surface area contributed by atoms with Crippen LogP contribution in [-0.2, 0) is 0 Å². The highest BCUT2D eigenvalue weighted by Gasteiger charge is 2.05. The molecule has 3 aromatic rings. The van der Waals surface area contributed by atoms with Gasteiger partial charge in [0.2, 0.25) is 0 Å². The van der Waals surface area contributed by atoms with E-state index in [1.807, 2.05) is 60.7 Å². The van der Waals surface area contributed by atoms with Gasteiger partial charge in [-0.05, 0) is 35.9 Å². The Morgan fingerprint density at radius 1 is 0.960 bits per heavy atom. The maximum absolute atomic E-state index is 5.90. The number of nitrogens with zero attached hydrogens (tertiary/aromatic N) is 2. The van der Waals surface area contributed by atoms with Gasteiger partial charge in [0.05, 0.1) is 5.52 Å². The van der Waals surface area contributed by atoms with Gasteiger partial charge in [-0.1, -0.05) is 41.9 Å². The van der Waals surface area contributed by atoms with Crippen LogP contribution in [0.2, 0.25) is 5.02 Å². The van der Waals surface area contributed by atoms with Gasteiger partial charge < -0.3 is 11.1 Å². The molecule has 0 aliphatic heterocycles. The molecule has 1 heterocycles. The molecule has 1 aromatic heterocycles. The Hall–Kier alpha value is -1.85. The van der Waals surface area contributed by atoms with Crippen molar-refractivity contribution in [1.29, 1.82) is 0 Å². The van der Waals surface area contributed by atoms with E-state index in [0.29, 0.717) is 18.9 Å². The third kappa shape index (κ3) is 5.58. The summed E-state index contributed by atoms with van der Waals surface area (Å²) in [5.41, 5.74) is 7.52. The molecule has 0 atom stereocenters. The summed E-state index contributed by atoms with van der Waals surface area (Å²) in [6, 6.07) is 15.5. The van der Waals surface area contributed by atoms with Crippen molar-refractivity contribution in [3.8, 4) is 0 Å². The first-order valence-electron chi connectivity index (χ1n) is 7.40. The van der Waals surface area contributed by atoms with E-state index in [9.17, 15) is 0 Å². The summed E-state index contributed by atoms with van der Waals surface area (Å²) in [7, 11) is 0. The molecular formula is C18H19Cl3N4. The van der Waals surface area contributed by atoms with Crippen LogP contribution in [0.1, 0.15) is 11.4 Å². The predicted molar refractivity (Wildman–Crippen MR) is 112 cm³/mol. The van der Waals surface area contributed by atoms with E-state index in [0.717, 1.165) is 27.3 Å². The Kier molecular flexibility index (Phi) is 8.66. The summed E-state index contributed by atoms with van der Waals surface area (Å²) >= 11 is 5.90. The van der Waals surface area contributed by atoms with Crippen molar-refractivity contribution in [2.45, 2.75) is 0 Å². The van der Waals surface area contributed by atoms with Crippen LogP contribution >= 0.6 is 36.4 Å². The molecule has 132 valence electrons. The van der Waals surface area contributed by atoms with Gasteiger partial charge in [-0.15, -0.1) is 24.8 Å². The Balaban J connectivity index is 0.00000156. The van der Waals surface area contributed by atoms with Crippen molar-refractivity contribution < 1.29 is 0 Å². The van der Waals surface area contributed by atoms with E-state index in [1.54, 1.807) is 0 Å². The van der Waals surface area contributed by atoms with Crippen LogP contribution in [0.4, 0.5) is 5.82 Å². The molecule has 2 aromatic carbocycles. The normalized spacial score (nSPS) is 10.3. The lowest BCUT2D eigenvalue weighted by Gasteiger charge is -2.08. The number of nitrogens with one attached hydrogen (secondary N) is 1. The molecule has 25 heavy (non-hydrogen) atoms. The van der Waals surface area contributed by atoms with Gasteiger partial charge in [0.15, 0.2) is 5.82 Å². The van der Waals surface area contributed by atoms with Gasteiger partial charge in [0, 0.05) is 23.5 Å². The molecule has 0 spiro atoms. The highest BCUT2D eigenvalue weighted by Crippen LogP contribution is 2.21. The van der Waals surface area contributed by atoms with Crippen molar-refractivity contribution in [1.82, 2.24) is 9.97 Å². The average molecular weight is 398 g/mol. The van der Waals surface area contributed by atoms with E-state index in [4.69, 9.17) is 17.3 Å². The zero-order valence-electron chi connectivity index (χ0n) is 13.4. The fraction of sp³-hybridized carbons (Fsp3) is 0.111. The summed E-state index contributed by atoms with van der Waals surface area (Å²) in [4.78, 5) is 9.16. The summed E-state index contributed by atoms with van der Waals surface area (Å²) in [5, 5.41) is 4.97. The van der Waals surface area contributed by atoms with Crippen LogP contribution in [-0.4, -0.2) is 23.1 Å². The monoisotopic (exact) mass is 396 g/mol. The largest absolute Gasteiger partial charge is 0.368 e. The van der Waals surface area contributed by atoms with Crippen LogP contribution in [0.5, 0.6) is 0 Å². The SMILES string of the molecule is Cl.Cl.NCCNc1nc(/C=C/c2ccc(Cl)cc2)nc2ccccc12. The van der Waals surface area contributed by atoms with Gasteiger partial charge in [-0.25, -0.2) is 9.97 Å². The molecule has 0 aliphatic carbocycles. The Morgan fingerprint density at radius 3 is 2.40 bits per heavy atom. The van der Waals surface area contributed by atoms with Gasteiger partial charge >= 0.3 is 0 Å². The van der Waals surface area contributed by atoms with E-state index in [2.05, 4.69) is 15.3 Å². The van der Waals surface area contributed by atoms with Crippen molar-refractivity contribution >= 4 is 65.3 Å². The van der Waals surface area contributed by atoms with E-state index in [1.165, 1.54) is 0 Å². The van der Waals surface area contributed by atoms with Crippen LogP contribution in [0, 0.1) is 0 Å². The number of halogens is 3. The van der Waals surface area contributed by atoms with Crippen LogP contribution < -0.4 is 11.1 Å². The molecule has 7 heteroatoms. The molecule has 0 unspecified atom stereocenters. The maximum atomic E-state index is 5.90.